The molecule has 0 bridgehead atoms. The number of benzene rings is 2. The molecule has 15 heteroatoms. The first-order valence-electron chi connectivity index (χ1n) is 17.9. The molecule has 4 heterocycles. The van der Waals surface area contributed by atoms with E-state index >= 15 is 0 Å². The van der Waals surface area contributed by atoms with Gasteiger partial charge in [-0.05, 0) is 44.4 Å². The van der Waals surface area contributed by atoms with Crippen LogP contribution in [-0.4, -0.2) is 106 Å². The van der Waals surface area contributed by atoms with E-state index in [4.69, 9.17) is 9.26 Å². The molecule has 54 heavy (non-hydrogen) atoms. The predicted octanol–water partition coefficient (Wildman–Crippen LogP) is 3.86. The van der Waals surface area contributed by atoms with Gasteiger partial charge in [0, 0.05) is 61.7 Å². The molecule has 5 atom stereocenters. The standard InChI is InChI=1S/C39H45F3N6O6/c1-38(2,34-19-30(46-54-34)26-10-4-3-5-11-26)48-16-15-47(31(22-48)37(52)44-24-39(40,41)42)21-28(49)18-27(17-25-9-8-14-43-20-25)36(51)45-35-29-12-6-7-13-33(29)53-23-32(35)50/h3-14,19-20,27-28,31-32,35,49-50H,15-18,21-24H2,1-2H3,(H,44,52)(H,45,51)/t27-,28+,31?,32-,35+/m1/s1. The zero-order chi connectivity index (χ0) is 38.5. The molecule has 0 radical (unpaired) electrons. The fourth-order valence-electron chi connectivity index (χ4n) is 7.12. The van der Waals surface area contributed by atoms with E-state index < -0.39 is 60.3 Å². The maximum atomic E-state index is 13.9. The first kappa shape index (κ1) is 38.9. The molecule has 4 N–H and O–H groups in total. The summed E-state index contributed by atoms with van der Waals surface area (Å²) in [5, 5.41) is 31.5. The Balaban J connectivity index is 1.18. The number of nitrogens with zero attached hydrogens (tertiary/aromatic N) is 4. The Morgan fingerprint density at radius 1 is 1.04 bits per heavy atom. The molecule has 6 rings (SSSR count). The largest absolute Gasteiger partial charge is 0.490 e. The van der Waals surface area contributed by atoms with E-state index in [1.165, 1.54) is 0 Å². The van der Waals surface area contributed by atoms with Gasteiger partial charge < -0.3 is 30.1 Å². The van der Waals surface area contributed by atoms with E-state index in [1.807, 2.05) is 66.5 Å². The molecular formula is C39H45F3N6O6. The number of hydrogen-bond donors (Lipinski definition) is 4. The van der Waals surface area contributed by atoms with Gasteiger partial charge in [0.1, 0.15) is 36.7 Å². The minimum absolute atomic E-state index is 0.0109. The van der Waals surface area contributed by atoms with E-state index in [2.05, 4.69) is 15.5 Å². The maximum absolute atomic E-state index is 13.9. The number of β-amino-alcohol motifs (C(OH)–C–C–N with tert-alkyl or cyclic N) is 1. The number of fused-ring (bicyclic) bond motifs is 1. The zero-order valence-electron chi connectivity index (χ0n) is 30.1. The Kier molecular flexibility index (Phi) is 12.0. The van der Waals surface area contributed by atoms with Crippen molar-refractivity contribution in [1.82, 2.24) is 30.6 Å². The molecule has 2 aliphatic rings. The highest BCUT2D eigenvalue weighted by atomic mass is 19.4. The molecule has 2 aliphatic heterocycles. The third kappa shape index (κ3) is 9.45. The molecule has 288 valence electrons. The lowest BCUT2D eigenvalue weighted by Crippen LogP contribution is -2.63. The summed E-state index contributed by atoms with van der Waals surface area (Å²) in [5.74, 6) is -0.958. The number of carbonyl (C=O) groups excluding carboxylic acids is 2. The number of hydrogen-bond acceptors (Lipinski definition) is 10. The summed E-state index contributed by atoms with van der Waals surface area (Å²) in [5.41, 5.74) is 2.06. The average molecular weight is 751 g/mol. The molecule has 0 aliphatic carbocycles. The number of alkyl halides is 3. The van der Waals surface area contributed by atoms with Crippen LogP contribution in [0.4, 0.5) is 13.2 Å². The van der Waals surface area contributed by atoms with Crippen LogP contribution < -0.4 is 15.4 Å². The van der Waals surface area contributed by atoms with Crippen molar-refractivity contribution in [2.45, 2.75) is 62.7 Å². The average Bonchev–Trinajstić information content (AvgIpc) is 3.67. The fraction of sp³-hybridized carbons (Fsp3) is 0.436. The summed E-state index contributed by atoms with van der Waals surface area (Å²) >= 11 is 0. The van der Waals surface area contributed by atoms with Crippen LogP contribution in [0.15, 0.2) is 89.7 Å². The minimum Gasteiger partial charge on any atom is -0.490 e. The molecule has 2 aromatic carbocycles. The third-order valence-electron chi connectivity index (χ3n) is 10.2. The van der Waals surface area contributed by atoms with Gasteiger partial charge in [0.05, 0.1) is 17.7 Å². The van der Waals surface area contributed by atoms with Crippen molar-refractivity contribution in [2.24, 2.45) is 5.92 Å². The number of nitrogens with one attached hydrogen (secondary N) is 2. The van der Waals surface area contributed by atoms with Crippen LogP contribution in [0.5, 0.6) is 5.75 Å². The second-order valence-corrected chi connectivity index (χ2v) is 14.3. The van der Waals surface area contributed by atoms with Crippen LogP contribution in [0.2, 0.25) is 0 Å². The number of rotatable bonds is 13. The van der Waals surface area contributed by atoms with Crippen molar-refractivity contribution < 1.29 is 42.2 Å². The highest BCUT2D eigenvalue weighted by molar-refractivity contribution is 5.82. The number of aliphatic hydroxyl groups excluding tert-OH is 2. The second-order valence-electron chi connectivity index (χ2n) is 14.3. The molecule has 0 spiro atoms. The van der Waals surface area contributed by atoms with Crippen molar-refractivity contribution in [2.75, 3.05) is 39.3 Å². The number of para-hydroxylation sites is 1. The summed E-state index contributed by atoms with van der Waals surface area (Å²) in [6, 6.07) is 20.1. The van der Waals surface area contributed by atoms with Crippen LogP contribution in [0.3, 0.4) is 0 Å². The Hall–Kier alpha value is -4.83. The molecular weight excluding hydrogens is 705 g/mol. The number of aliphatic hydroxyl groups is 2. The first-order valence-corrected chi connectivity index (χ1v) is 17.9. The summed E-state index contributed by atoms with van der Waals surface area (Å²) < 4.78 is 51.1. The van der Waals surface area contributed by atoms with E-state index in [9.17, 15) is 33.0 Å². The van der Waals surface area contributed by atoms with Gasteiger partial charge in [0.15, 0.2) is 5.76 Å². The smallest absolute Gasteiger partial charge is 0.405 e. The lowest BCUT2D eigenvalue weighted by molar-refractivity contribution is -0.144. The Bertz CT molecular complexity index is 1860. The quantitative estimate of drug-likeness (QED) is 0.159. The fourth-order valence-corrected chi connectivity index (χ4v) is 7.12. The number of piperazine rings is 1. The molecule has 0 saturated carbocycles. The second kappa shape index (κ2) is 16.7. The Labute approximate surface area is 311 Å². The van der Waals surface area contributed by atoms with Gasteiger partial charge >= 0.3 is 6.18 Å². The number of halogens is 3. The monoisotopic (exact) mass is 750 g/mol. The van der Waals surface area contributed by atoms with E-state index in [-0.39, 0.29) is 39.1 Å². The van der Waals surface area contributed by atoms with Crippen LogP contribution in [0, 0.1) is 5.92 Å². The lowest BCUT2D eigenvalue weighted by atomic mass is 9.91. The molecule has 1 saturated heterocycles. The molecule has 12 nitrogen and oxygen atoms in total. The number of pyridine rings is 1. The van der Waals surface area contributed by atoms with Gasteiger partial charge in [-0.2, -0.15) is 13.2 Å². The molecule has 1 fully saturated rings. The van der Waals surface area contributed by atoms with Crippen molar-refractivity contribution >= 4 is 11.8 Å². The topological polar surface area (TPSA) is 153 Å². The molecule has 2 aromatic heterocycles. The third-order valence-corrected chi connectivity index (χ3v) is 10.2. The van der Waals surface area contributed by atoms with E-state index in [1.54, 1.807) is 47.6 Å². The van der Waals surface area contributed by atoms with Crippen molar-refractivity contribution in [1.29, 1.82) is 0 Å². The van der Waals surface area contributed by atoms with Crippen LogP contribution >= 0.6 is 0 Å². The van der Waals surface area contributed by atoms with Crippen molar-refractivity contribution in [3.8, 4) is 17.0 Å². The molecule has 4 aromatic rings. The van der Waals surface area contributed by atoms with Gasteiger partial charge in [-0.15, -0.1) is 0 Å². The van der Waals surface area contributed by atoms with Crippen LogP contribution in [0.25, 0.3) is 11.3 Å². The van der Waals surface area contributed by atoms with E-state index in [0.717, 1.165) is 11.1 Å². The van der Waals surface area contributed by atoms with Gasteiger partial charge in [-0.1, -0.05) is 59.8 Å². The normalized spacial score (nSPS) is 20.7. The highest BCUT2D eigenvalue weighted by Gasteiger charge is 2.42. The van der Waals surface area contributed by atoms with Gasteiger partial charge in [-0.25, -0.2) is 0 Å². The van der Waals surface area contributed by atoms with Crippen LogP contribution in [-0.2, 0) is 21.5 Å². The highest BCUT2D eigenvalue weighted by Crippen LogP contribution is 2.34. The minimum atomic E-state index is -4.62. The SMILES string of the molecule is CC(C)(c1cc(-c2ccccc2)no1)N1CCN(C[C@@H](O)C[C@@H](Cc2cccnc2)C(=O)N[C@H]2c3ccccc3OC[C@H]2O)C(C(=O)NCC(F)(F)F)C1. The summed E-state index contributed by atoms with van der Waals surface area (Å²) in [6.45, 7) is 2.85. The number of amides is 2. The Morgan fingerprint density at radius 3 is 2.54 bits per heavy atom. The predicted molar refractivity (Wildman–Crippen MR) is 192 cm³/mol. The molecule has 1 unspecified atom stereocenters. The van der Waals surface area contributed by atoms with Gasteiger partial charge in [0.2, 0.25) is 11.8 Å². The molecule has 2 amide bonds. The lowest BCUT2D eigenvalue weighted by Gasteiger charge is -2.46. The van der Waals surface area contributed by atoms with Crippen LogP contribution in [0.1, 0.15) is 43.2 Å². The summed E-state index contributed by atoms with van der Waals surface area (Å²) in [4.78, 5) is 35.2. The zero-order valence-corrected chi connectivity index (χ0v) is 30.1. The summed E-state index contributed by atoms with van der Waals surface area (Å²) in [6.07, 6.45) is -3.35. The summed E-state index contributed by atoms with van der Waals surface area (Å²) in [7, 11) is 0. The number of ether oxygens (including phenoxy) is 1. The first-order chi connectivity index (χ1) is 25.8. The maximum Gasteiger partial charge on any atom is 0.405 e. The Morgan fingerprint density at radius 2 is 1.80 bits per heavy atom. The van der Waals surface area contributed by atoms with Crippen molar-refractivity contribution in [3.63, 3.8) is 0 Å². The van der Waals surface area contributed by atoms with Gasteiger partial charge in [-0.3, -0.25) is 24.4 Å². The number of aromatic nitrogens is 2. The van der Waals surface area contributed by atoms with E-state index in [0.29, 0.717) is 29.3 Å². The number of carbonyl (C=O) groups is 2. The van der Waals surface area contributed by atoms with Gasteiger partial charge in [0.25, 0.3) is 0 Å². The van der Waals surface area contributed by atoms with Crippen molar-refractivity contribution in [3.05, 3.63) is 102 Å².